The van der Waals surface area contributed by atoms with E-state index in [1.807, 2.05) is 0 Å². The van der Waals surface area contributed by atoms with Gasteiger partial charge in [-0.2, -0.15) is 0 Å². The van der Waals surface area contributed by atoms with Gasteiger partial charge in [-0.3, -0.25) is 5.01 Å². The topological polar surface area (TPSA) is 27.3 Å². The number of benzene rings is 1. The van der Waals surface area contributed by atoms with E-state index in [1.165, 1.54) is 0 Å². The quantitative estimate of drug-likeness (QED) is 0.634. The molecule has 1 rings (SSSR count). The summed E-state index contributed by atoms with van der Waals surface area (Å²) in [6, 6.07) is 5.16. The molecule has 0 atom stereocenters. The van der Waals surface area contributed by atoms with Crippen LogP contribution >= 0.6 is 35.4 Å². The maximum Gasteiger partial charge on any atom is 0.187 e. The first-order valence-electron chi connectivity index (χ1n) is 4.21. The van der Waals surface area contributed by atoms with Crippen molar-refractivity contribution in [3.8, 4) is 0 Å². The van der Waals surface area contributed by atoms with Gasteiger partial charge in [-0.05, 0) is 30.4 Å². The highest BCUT2D eigenvalue weighted by molar-refractivity contribution is 7.80. The lowest BCUT2D eigenvalue weighted by atomic mass is 10.3. The molecule has 0 aliphatic heterocycles. The van der Waals surface area contributed by atoms with Crippen molar-refractivity contribution in [1.82, 2.24) is 10.4 Å². The second kappa shape index (κ2) is 5.51. The number of thiocarbonyl (C=S) groups is 1. The highest BCUT2D eigenvalue weighted by Gasteiger charge is 2.05. The van der Waals surface area contributed by atoms with Crippen molar-refractivity contribution in [2.24, 2.45) is 0 Å². The molecule has 0 aromatic heterocycles. The molecule has 0 saturated carbocycles. The van der Waals surface area contributed by atoms with Crippen LogP contribution < -0.4 is 10.7 Å². The molecule has 0 saturated heterocycles. The summed E-state index contributed by atoms with van der Waals surface area (Å²) in [6.07, 6.45) is 0. The molecular formula is C9H11Cl2N3S. The predicted molar refractivity (Wildman–Crippen MR) is 69.5 cm³/mol. The van der Waals surface area contributed by atoms with Gasteiger partial charge in [0.25, 0.3) is 0 Å². The Morgan fingerprint density at radius 2 is 2.07 bits per heavy atom. The van der Waals surface area contributed by atoms with Crippen LogP contribution in [0.3, 0.4) is 0 Å². The lowest BCUT2D eigenvalue weighted by Crippen LogP contribution is -2.39. The number of rotatable bonds is 2. The van der Waals surface area contributed by atoms with Crippen LogP contribution in [0.1, 0.15) is 0 Å². The number of hydrogen-bond donors (Lipinski definition) is 2. The van der Waals surface area contributed by atoms with Crippen LogP contribution in [0, 0.1) is 0 Å². The predicted octanol–water partition coefficient (Wildman–Crippen LogP) is 2.76. The molecule has 6 heteroatoms. The summed E-state index contributed by atoms with van der Waals surface area (Å²) in [6.45, 7) is 0. The number of hydrazine groups is 1. The SMILES string of the molecule is CNN(C)C(=S)Nc1cc(Cl)ccc1Cl. The smallest absolute Gasteiger partial charge is 0.187 e. The molecule has 82 valence electrons. The molecule has 1 aromatic carbocycles. The van der Waals surface area contributed by atoms with Gasteiger partial charge in [0, 0.05) is 19.1 Å². The average molecular weight is 264 g/mol. The van der Waals surface area contributed by atoms with Crippen LogP contribution in [0.4, 0.5) is 5.69 Å². The van der Waals surface area contributed by atoms with Crippen LogP contribution in [0.25, 0.3) is 0 Å². The fourth-order valence-corrected chi connectivity index (χ4v) is 1.43. The Labute approximate surface area is 104 Å². The van der Waals surface area contributed by atoms with E-state index in [1.54, 1.807) is 37.3 Å². The fraction of sp³-hybridized carbons (Fsp3) is 0.222. The Bertz CT molecular complexity index is 370. The summed E-state index contributed by atoms with van der Waals surface area (Å²) in [5.41, 5.74) is 3.56. The number of hydrogen-bond acceptors (Lipinski definition) is 2. The Hall–Kier alpha value is -0.550. The molecule has 0 bridgehead atoms. The summed E-state index contributed by atoms with van der Waals surface area (Å²) < 4.78 is 0. The second-order valence-corrected chi connectivity index (χ2v) is 4.07. The van der Waals surface area contributed by atoms with E-state index in [0.717, 1.165) is 0 Å². The third kappa shape index (κ3) is 3.50. The lowest BCUT2D eigenvalue weighted by molar-refractivity contribution is 0.416. The van der Waals surface area contributed by atoms with Crippen LogP contribution in [-0.4, -0.2) is 24.2 Å². The molecular weight excluding hydrogens is 253 g/mol. The van der Waals surface area contributed by atoms with Gasteiger partial charge < -0.3 is 5.32 Å². The third-order valence-electron chi connectivity index (χ3n) is 1.81. The lowest BCUT2D eigenvalue weighted by Gasteiger charge is -2.19. The molecule has 0 aliphatic rings. The highest BCUT2D eigenvalue weighted by atomic mass is 35.5. The minimum Gasteiger partial charge on any atom is -0.330 e. The Morgan fingerprint density at radius 3 is 2.67 bits per heavy atom. The summed E-state index contributed by atoms with van der Waals surface area (Å²) in [5, 5.41) is 6.34. The molecule has 0 radical (unpaired) electrons. The van der Waals surface area contributed by atoms with Crippen molar-refractivity contribution >= 4 is 46.2 Å². The zero-order valence-corrected chi connectivity index (χ0v) is 10.7. The first-order chi connectivity index (χ1) is 7.04. The fourth-order valence-electron chi connectivity index (χ4n) is 0.894. The molecule has 0 amide bonds. The van der Waals surface area contributed by atoms with Gasteiger partial charge in [-0.1, -0.05) is 23.2 Å². The molecule has 2 N–H and O–H groups in total. The largest absolute Gasteiger partial charge is 0.330 e. The summed E-state index contributed by atoms with van der Waals surface area (Å²) in [7, 11) is 3.57. The standard InChI is InChI=1S/C9H11Cl2N3S/c1-12-14(2)9(15)13-8-5-6(10)3-4-7(8)11/h3-5,12H,1-2H3,(H,13,15). The molecule has 0 heterocycles. The first-order valence-corrected chi connectivity index (χ1v) is 5.38. The van der Waals surface area contributed by atoms with E-state index in [0.29, 0.717) is 20.8 Å². The first kappa shape index (κ1) is 12.5. The number of nitrogens with one attached hydrogen (secondary N) is 2. The van der Waals surface area contributed by atoms with E-state index in [2.05, 4.69) is 10.7 Å². The van der Waals surface area contributed by atoms with Crippen LogP contribution in [-0.2, 0) is 0 Å². The van der Waals surface area contributed by atoms with Gasteiger partial charge in [0.2, 0.25) is 0 Å². The molecule has 3 nitrogen and oxygen atoms in total. The maximum atomic E-state index is 5.97. The van der Waals surface area contributed by atoms with E-state index in [9.17, 15) is 0 Å². The van der Waals surface area contributed by atoms with Crippen molar-refractivity contribution in [3.63, 3.8) is 0 Å². The third-order valence-corrected chi connectivity index (χ3v) is 2.75. The van der Waals surface area contributed by atoms with Gasteiger partial charge in [0.15, 0.2) is 5.11 Å². The van der Waals surface area contributed by atoms with Crippen LogP contribution in [0.5, 0.6) is 0 Å². The molecule has 0 spiro atoms. The van der Waals surface area contributed by atoms with Gasteiger partial charge >= 0.3 is 0 Å². The summed E-state index contributed by atoms with van der Waals surface area (Å²) in [5.74, 6) is 0. The van der Waals surface area contributed by atoms with Crippen LogP contribution in [0.15, 0.2) is 18.2 Å². The molecule has 0 aliphatic carbocycles. The van der Waals surface area contributed by atoms with Crippen molar-refractivity contribution in [2.45, 2.75) is 0 Å². The van der Waals surface area contributed by atoms with Crippen molar-refractivity contribution in [3.05, 3.63) is 28.2 Å². The molecule has 0 fully saturated rings. The highest BCUT2D eigenvalue weighted by Crippen LogP contribution is 2.25. The van der Waals surface area contributed by atoms with E-state index >= 15 is 0 Å². The number of nitrogens with zero attached hydrogens (tertiary/aromatic N) is 1. The Kier molecular flexibility index (Phi) is 4.60. The van der Waals surface area contributed by atoms with Crippen LogP contribution in [0.2, 0.25) is 10.0 Å². The van der Waals surface area contributed by atoms with Gasteiger partial charge in [-0.15, -0.1) is 0 Å². The molecule has 1 aromatic rings. The van der Waals surface area contributed by atoms with Crippen molar-refractivity contribution < 1.29 is 0 Å². The maximum absolute atomic E-state index is 5.97. The minimum atomic E-state index is 0.515. The Morgan fingerprint density at radius 1 is 1.40 bits per heavy atom. The van der Waals surface area contributed by atoms with Gasteiger partial charge in [0.05, 0.1) is 10.7 Å². The monoisotopic (exact) mass is 263 g/mol. The van der Waals surface area contributed by atoms with E-state index in [-0.39, 0.29) is 0 Å². The van der Waals surface area contributed by atoms with Gasteiger partial charge in [0.1, 0.15) is 0 Å². The van der Waals surface area contributed by atoms with E-state index in [4.69, 9.17) is 35.4 Å². The summed E-state index contributed by atoms with van der Waals surface area (Å²) in [4.78, 5) is 0. The number of halogens is 2. The molecule has 15 heavy (non-hydrogen) atoms. The zero-order chi connectivity index (χ0) is 11.4. The molecule has 0 unspecified atom stereocenters. The minimum absolute atomic E-state index is 0.515. The van der Waals surface area contributed by atoms with E-state index < -0.39 is 0 Å². The average Bonchev–Trinajstić information content (AvgIpc) is 2.22. The normalized spacial score (nSPS) is 9.87. The Balaban J connectivity index is 2.80. The second-order valence-electron chi connectivity index (χ2n) is 2.84. The summed E-state index contributed by atoms with van der Waals surface area (Å²) >= 11 is 16.9. The zero-order valence-electron chi connectivity index (χ0n) is 8.34. The number of anilines is 1. The van der Waals surface area contributed by atoms with Crippen molar-refractivity contribution in [2.75, 3.05) is 19.4 Å². The van der Waals surface area contributed by atoms with Gasteiger partial charge in [-0.25, -0.2) is 5.43 Å². The van der Waals surface area contributed by atoms with Crippen molar-refractivity contribution in [1.29, 1.82) is 0 Å².